The number of pyridine rings is 1. The highest BCUT2D eigenvalue weighted by Gasteiger charge is 2.33. The Kier molecular flexibility index (Phi) is 8.87. The number of aromatic nitrogens is 1. The third kappa shape index (κ3) is 6.48. The molecule has 5 rings (SSSR count). The highest BCUT2D eigenvalue weighted by Crippen LogP contribution is 2.42. The van der Waals surface area contributed by atoms with Crippen molar-refractivity contribution < 1.29 is 23.8 Å². The van der Waals surface area contributed by atoms with Crippen molar-refractivity contribution in [1.82, 2.24) is 9.88 Å². The minimum Gasteiger partial charge on any atom is -0.491 e. The van der Waals surface area contributed by atoms with Crippen LogP contribution in [0.1, 0.15) is 91.7 Å². The van der Waals surface area contributed by atoms with Crippen LogP contribution in [0.25, 0.3) is 0 Å². The van der Waals surface area contributed by atoms with Gasteiger partial charge in [0.1, 0.15) is 23.5 Å². The van der Waals surface area contributed by atoms with Gasteiger partial charge in [-0.3, -0.25) is 15.0 Å². The van der Waals surface area contributed by atoms with Crippen LogP contribution in [0, 0.1) is 5.41 Å². The Morgan fingerprint density at radius 2 is 1.95 bits per heavy atom. The Hall–Kier alpha value is -3.01. The zero-order valence-electron chi connectivity index (χ0n) is 23.3. The van der Waals surface area contributed by atoms with Crippen LogP contribution in [0.15, 0.2) is 24.3 Å². The molecule has 0 radical (unpaired) electrons. The first-order valence-electron chi connectivity index (χ1n) is 13.8. The molecule has 1 unspecified atom stereocenters. The monoisotopic (exact) mass is 616 g/mol. The van der Waals surface area contributed by atoms with Crippen molar-refractivity contribution in [2.24, 2.45) is 0 Å². The van der Waals surface area contributed by atoms with Gasteiger partial charge in [-0.05, 0) is 49.3 Å². The Balaban J connectivity index is 0.00000370. The molecule has 1 saturated carbocycles. The molecule has 2 aromatic rings. The Labute approximate surface area is 245 Å². The zero-order valence-corrected chi connectivity index (χ0v) is 25.0. The molecule has 1 aliphatic carbocycles. The van der Waals surface area contributed by atoms with E-state index in [0.717, 1.165) is 29.7 Å². The molecule has 2 N–H and O–H groups in total. The van der Waals surface area contributed by atoms with Crippen LogP contribution >= 0.6 is 17.0 Å². The van der Waals surface area contributed by atoms with E-state index in [1.165, 1.54) is 0 Å². The molecule has 0 bridgehead atoms. The van der Waals surface area contributed by atoms with E-state index in [-0.39, 0.29) is 60.1 Å². The molecule has 8 nitrogen and oxygen atoms in total. The number of carbonyl (C=O) groups excluding carboxylic acids is 1. The van der Waals surface area contributed by atoms with E-state index in [1.807, 2.05) is 43.9 Å². The standard InChI is InChI=1S/C30H37FN4O4.BrH/c1-30(2,3)22-13-20(14-24(34-11-10-21(31)16-34)28(22)39-12-4-5-26(37)38)25(36)17-35-15-19-8-9-23(18-6-7-18)33-27(19)29(35)32;/h8-9,13-14,18,21,32H,4-7,10-12,15-17H2,1-3H3,(H,37,38);1H. The van der Waals surface area contributed by atoms with Gasteiger partial charge in [0.15, 0.2) is 5.78 Å². The quantitative estimate of drug-likeness (QED) is 0.262. The van der Waals surface area contributed by atoms with Crippen molar-refractivity contribution in [2.45, 2.75) is 76.9 Å². The van der Waals surface area contributed by atoms with Gasteiger partial charge in [-0.1, -0.05) is 26.8 Å². The van der Waals surface area contributed by atoms with Crippen molar-refractivity contribution in [1.29, 1.82) is 5.41 Å². The number of nitrogens with zero attached hydrogens (tertiary/aromatic N) is 3. The number of hydrogen-bond donors (Lipinski definition) is 2. The van der Waals surface area contributed by atoms with Gasteiger partial charge in [-0.25, -0.2) is 9.37 Å². The molecule has 1 atom stereocenters. The number of aliphatic carboxylic acids is 1. The molecule has 0 spiro atoms. The van der Waals surface area contributed by atoms with Crippen molar-refractivity contribution >= 4 is 40.3 Å². The maximum absolute atomic E-state index is 14.3. The lowest BCUT2D eigenvalue weighted by Gasteiger charge is -2.29. The molecule has 2 fully saturated rings. The van der Waals surface area contributed by atoms with Crippen molar-refractivity contribution in [2.75, 3.05) is 31.1 Å². The molecule has 216 valence electrons. The summed E-state index contributed by atoms with van der Waals surface area (Å²) >= 11 is 0. The van der Waals surface area contributed by atoms with E-state index >= 15 is 0 Å². The minimum atomic E-state index is -0.959. The summed E-state index contributed by atoms with van der Waals surface area (Å²) in [4.78, 5) is 33.1. The first kappa shape index (κ1) is 30.0. The maximum atomic E-state index is 14.3. The lowest BCUT2D eigenvalue weighted by molar-refractivity contribution is -0.137. The zero-order chi connectivity index (χ0) is 27.9. The SMILES string of the molecule is Br.CC(C)(C)c1cc(C(=O)CN2Cc3ccc(C4CC4)nc3C2=N)cc(N2CCC(F)C2)c1OCCCC(=O)O. The maximum Gasteiger partial charge on any atom is 0.303 e. The van der Waals surface area contributed by atoms with Gasteiger partial charge >= 0.3 is 5.97 Å². The molecule has 1 saturated heterocycles. The van der Waals surface area contributed by atoms with Crippen LogP contribution in [0.5, 0.6) is 5.75 Å². The minimum absolute atomic E-state index is 0. The van der Waals surface area contributed by atoms with Gasteiger partial charge in [-0.2, -0.15) is 0 Å². The first-order chi connectivity index (χ1) is 18.5. The van der Waals surface area contributed by atoms with Crippen molar-refractivity contribution in [3.63, 3.8) is 0 Å². The molecule has 10 heteroatoms. The molecule has 1 aromatic carbocycles. The van der Waals surface area contributed by atoms with E-state index in [2.05, 4.69) is 0 Å². The lowest BCUT2D eigenvalue weighted by atomic mass is 9.84. The summed E-state index contributed by atoms with van der Waals surface area (Å²) in [6.07, 6.45) is 2.06. The average Bonchev–Trinajstić information content (AvgIpc) is 3.57. The lowest BCUT2D eigenvalue weighted by Crippen LogP contribution is -2.31. The molecule has 40 heavy (non-hydrogen) atoms. The number of amidine groups is 1. The molecular weight excluding hydrogens is 579 g/mol. The van der Waals surface area contributed by atoms with Gasteiger partial charge < -0.3 is 19.6 Å². The number of alkyl halides is 1. The second kappa shape index (κ2) is 11.8. The number of rotatable bonds is 10. The molecule has 2 aliphatic heterocycles. The predicted molar refractivity (Wildman–Crippen MR) is 157 cm³/mol. The van der Waals surface area contributed by atoms with Crippen LogP contribution in [0.2, 0.25) is 0 Å². The smallest absolute Gasteiger partial charge is 0.303 e. The number of benzene rings is 1. The molecule has 3 heterocycles. The Bertz CT molecular complexity index is 1310. The summed E-state index contributed by atoms with van der Waals surface area (Å²) < 4.78 is 20.4. The summed E-state index contributed by atoms with van der Waals surface area (Å²) in [5.41, 5.74) is 4.24. The number of carboxylic acids is 1. The van der Waals surface area contributed by atoms with Crippen LogP contribution < -0.4 is 9.64 Å². The van der Waals surface area contributed by atoms with Crippen molar-refractivity contribution in [3.8, 4) is 5.75 Å². The summed E-state index contributed by atoms with van der Waals surface area (Å²) in [6.45, 7) is 7.54. The van der Waals surface area contributed by atoms with Gasteiger partial charge in [0, 0.05) is 54.4 Å². The summed E-state index contributed by atoms with van der Waals surface area (Å²) in [7, 11) is 0. The first-order valence-corrected chi connectivity index (χ1v) is 13.8. The van der Waals surface area contributed by atoms with Crippen LogP contribution in [-0.4, -0.2) is 65.0 Å². The fourth-order valence-electron chi connectivity index (χ4n) is 5.33. The van der Waals surface area contributed by atoms with Gasteiger partial charge in [0.05, 0.1) is 18.8 Å². The van der Waals surface area contributed by atoms with E-state index in [9.17, 15) is 14.0 Å². The number of anilines is 1. The van der Waals surface area contributed by atoms with Crippen LogP contribution in [0.3, 0.4) is 0 Å². The second-order valence-electron chi connectivity index (χ2n) is 11.9. The van der Waals surface area contributed by atoms with Gasteiger partial charge in [0.25, 0.3) is 0 Å². The highest BCUT2D eigenvalue weighted by molar-refractivity contribution is 8.93. The number of Topliss-reactive ketones (excluding diaryl/α,β-unsaturated/α-hetero) is 1. The molecule has 3 aliphatic rings. The third-order valence-electron chi connectivity index (χ3n) is 7.68. The number of carbonyl (C=O) groups is 2. The van der Waals surface area contributed by atoms with Gasteiger partial charge in [-0.15, -0.1) is 17.0 Å². The fourth-order valence-corrected chi connectivity index (χ4v) is 5.33. The predicted octanol–water partition coefficient (Wildman–Crippen LogP) is 5.65. The number of halogens is 2. The van der Waals surface area contributed by atoms with Crippen LogP contribution in [-0.2, 0) is 16.8 Å². The van der Waals surface area contributed by atoms with Crippen LogP contribution in [0.4, 0.5) is 10.1 Å². The van der Waals surface area contributed by atoms with E-state index in [0.29, 0.717) is 54.5 Å². The molecular formula is C30H38BrFN4O4. The number of hydrogen-bond acceptors (Lipinski definition) is 6. The summed E-state index contributed by atoms with van der Waals surface area (Å²) in [5.74, 6) is 0.332. The summed E-state index contributed by atoms with van der Waals surface area (Å²) in [6, 6.07) is 7.69. The largest absolute Gasteiger partial charge is 0.491 e. The number of ketones is 1. The number of carboxylic acid groups (broad SMARTS) is 1. The van der Waals surface area contributed by atoms with Crippen molar-refractivity contribution in [3.05, 3.63) is 52.3 Å². The normalized spacial score (nSPS) is 18.5. The Morgan fingerprint density at radius 3 is 2.58 bits per heavy atom. The van der Waals surface area contributed by atoms with E-state index < -0.39 is 12.1 Å². The molecule has 0 amide bonds. The average molecular weight is 618 g/mol. The van der Waals surface area contributed by atoms with E-state index in [4.69, 9.17) is 20.2 Å². The molecule has 1 aromatic heterocycles. The van der Waals surface area contributed by atoms with E-state index in [1.54, 1.807) is 11.0 Å². The third-order valence-corrected chi connectivity index (χ3v) is 7.68. The second-order valence-corrected chi connectivity index (χ2v) is 11.9. The highest BCUT2D eigenvalue weighted by atomic mass is 79.9. The number of ether oxygens (including phenoxy) is 1. The number of fused-ring (bicyclic) bond motifs is 1. The fraction of sp³-hybridized carbons (Fsp3) is 0.533. The van der Waals surface area contributed by atoms with Gasteiger partial charge in [0.2, 0.25) is 0 Å². The number of nitrogens with one attached hydrogen (secondary N) is 1. The summed E-state index contributed by atoms with van der Waals surface area (Å²) in [5, 5.41) is 17.7. The topological polar surface area (TPSA) is 107 Å². The Morgan fingerprint density at radius 1 is 1.20 bits per heavy atom.